The summed E-state index contributed by atoms with van der Waals surface area (Å²) < 4.78 is 1.42. The molecule has 122 valence electrons. The maximum Gasteiger partial charge on any atom is 0.266 e. The molecular weight excluding hydrogens is 322 g/mol. The van der Waals surface area contributed by atoms with Crippen molar-refractivity contribution in [2.24, 2.45) is 0 Å². The first-order chi connectivity index (χ1) is 11.7. The number of anilines is 1. The number of carbonyl (C=O) groups is 1. The summed E-state index contributed by atoms with van der Waals surface area (Å²) in [6, 6.07) is 16.5. The Morgan fingerprint density at radius 3 is 2.67 bits per heavy atom. The molecule has 0 saturated heterocycles. The van der Waals surface area contributed by atoms with Crippen molar-refractivity contribution >= 4 is 22.9 Å². The van der Waals surface area contributed by atoms with E-state index in [4.69, 9.17) is 0 Å². The van der Waals surface area contributed by atoms with Crippen LogP contribution >= 0.6 is 11.3 Å². The van der Waals surface area contributed by atoms with Crippen molar-refractivity contribution in [2.45, 2.75) is 19.4 Å². The quantitative estimate of drug-likeness (QED) is 0.749. The van der Waals surface area contributed by atoms with Gasteiger partial charge < -0.3 is 5.32 Å². The van der Waals surface area contributed by atoms with Crippen LogP contribution in [0.15, 0.2) is 64.8 Å². The number of amides is 1. The van der Waals surface area contributed by atoms with E-state index in [9.17, 15) is 9.59 Å². The Kier molecular flexibility index (Phi) is 5.18. The average Bonchev–Trinajstić information content (AvgIpc) is 3.12. The van der Waals surface area contributed by atoms with Gasteiger partial charge in [0.2, 0.25) is 5.91 Å². The fourth-order valence-electron chi connectivity index (χ4n) is 2.30. The third kappa shape index (κ3) is 4.17. The predicted octanol–water partition coefficient (Wildman–Crippen LogP) is 3.39. The van der Waals surface area contributed by atoms with Crippen molar-refractivity contribution in [3.63, 3.8) is 0 Å². The number of benzene rings is 1. The minimum absolute atomic E-state index is 0.0661. The molecule has 24 heavy (non-hydrogen) atoms. The number of hydrogen-bond donors (Lipinski definition) is 1. The van der Waals surface area contributed by atoms with E-state index in [-0.39, 0.29) is 11.5 Å². The van der Waals surface area contributed by atoms with Gasteiger partial charge in [0.1, 0.15) is 5.69 Å². The molecule has 0 radical (unpaired) electrons. The molecular formula is C18H17N3O2S. The summed E-state index contributed by atoms with van der Waals surface area (Å²) in [7, 11) is 0. The molecule has 5 nitrogen and oxygen atoms in total. The fourth-order valence-corrected chi connectivity index (χ4v) is 2.99. The van der Waals surface area contributed by atoms with Gasteiger partial charge in [0, 0.05) is 24.7 Å². The molecule has 0 saturated carbocycles. The minimum Gasteiger partial charge on any atom is -0.326 e. The monoisotopic (exact) mass is 339 g/mol. The number of thiophene rings is 1. The van der Waals surface area contributed by atoms with Gasteiger partial charge in [0.15, 0.2) is 0 Å². The number of carbonyl (C=O) groups excluding carboxylic acids is 1. The van der Waals surface area contributed by atoms with Crippen LogP contribution in [0.3, 0.4) is 0 Å². The number of aromatic nitrogens is 2. The Labute approximate surface area is 143 Å². The molecule has 6 heteroatoms. The number of para-hydroxylation sites is 1. The predicted molar refractivity (Wildman–Crippen MR) is 96.1 cm³/mol. The number of nitrogens with zero attached hydrogens (tertiary/aromatic N) is 2. The minimum atomic E-state index is -0.154. The summed E-state index contributed by atoms with van der Waals surface area (Å²) >= 11 is 1.58. The lowest BCUT2D eigenvalue weighted by Crippen LogP contribution is -2.23. The van der Waals surface area contributed by atoms with Gasteiger partial charge in [0.05, 0.1) is 4.88 Å². The van der Waals surface area contributed by atoms with Crippen molar-refractivity contribution in [2.75, 3.05) is 5.32 Å². The van der Waals surface area contributed by atoms with Crippen molar-refractivity contribution in [1.29, 1.82) is 0 Å². The van der Waals surface area contributed by atoms with Crippen LogP contribution in [0.1, 0.15) is 12.8 Å². The van der Waals surface area contributed by atoms with Crippen LogP contribution in [0.4, 0.5) is 5.69 Å². The van der Waals surface area contributed by atoms with E-state index in [2.05, 4.69) is 10.4 Å². The molecule has 0 unspecified atom stereocenters. The second-order valence-corrected chi connectivity index (χ2v) is 6.22. The van der Waals surface area contributed by atoms with E-state index >= 15 is 0 Å². The topological polar surface area (TPSA) is 64.0 Å². The van der Waals surface area contributed by atoms with Crippen LogP contribution in [0, 0.1) is 0 Å². The maximum atomic E-state index is 11.9. The van der Waals surface area contributed by atoms with E-state index in [0.29, 0.717) is 19.4 Å². The van der Waals surface area contributed by atoms with Crippen molar-refractivity contribution in [3.8, 4) is 10.6 Å². The standard InChI is InChI=1S/C18H17N3O2S/c22-17(19-14-6-2-1-3-7-14)9-4-12-21-18(23)11-10-15(20-21)16-8-5-13-24-16/h1-3,5-8,10-11,13H,4,9,12H2,(H,19,22). The van der Waals surface area contributed by atoms with Gasteiger partial charge in [-0.15, -0.1) is 11.3 Å². The second-order valence-electron chi connectivity index (χ2n) is 5.28. The molecule has 2 heterocycles. The summed E-state index contributed by atoms with van der Waals surface area (Å²) in [6.45, 7) is 0.417. The zero-order valence-corrected chi connectivity index (χ0v) is 13.8. The molecule has 0 spiro atoms. The number of nitrogens with one attached hydrogen (secondary N) is 1. The Balaban J connectivity index is 1.57. The summed E-state index contributed by atoms with van der Waals surface area (Å²) in [5.41, 5.74) is 1.40. The van der Waals surface area contributed by atoms with Crippen molar-refractivity contribution in [3.05, 3.63) is 70.3 Å². The Morgan fingerprint density at radius 1 is 1.08 bits per heavy atom. The number of rotatable bonds is 6. The normalized spacial score (nSPS) is 10.5. The highest BCUT2D eigenvalue weighted by atomic mass is 32.1. The summed E-state index contributed by atoms with van der Waals surface area (Å²) in [4.78, 5) is 24.9. The first-order valence-corrected chi connectivity index (χ1v) is 8.57. The fraction of sp³-hybridized carbons (Fsp3) is 0.167. The van der Waals surface area contributed by atoms with Gasteiger partial charge in [-0.3, -0.25) is 9.59 Å². The van der Waals surface area contributed by atoms with Crippen LogP contribution in [0.2, 0.25) is 0 Å². The van der Waals surface area contributed by atoms with E-state index in [1.54, 1.807) is 17.4 Å². The Morgan fingerprint density at radius 2 is 1.92 bits per heavy atom. The zero-order valence-electron chi connectivity index (χ0n) is 13.0. The Hall–Kier alpha value is -2.73. The van der Waals surface area contributed by atoms with Crippen LogP contribution in [0.5, 0.6) is 0 Å². The highest BCUT2D eigenvalue weighted by molar-refractivity contribution is 7.13. The van der Waals surface area contributed by atoms with E-state index in [1.165, 1.54) is 10.7 Å². The molecule has 1 N–H and O–H groups in total. The Bertz CT molecular complexity index is 857. The lowest BCUT2D eigenvalue weighted by molar-refractivity contribution is -0.116. The van der Waals surface area contributed by atoms with Crippen molar-refractivity contribution < 1.29 is 4.79 Å². The van der Waals surface area contributed by atoms with Gasteiger partial charge in [-0.2, -0.15) is 5.10 Å². The molecule has 0 aliphatic carbocycles. The number of hydrogen-bond acceptors (Lipinski definition) is 4. The van der Waals surface area contributed by atoms with Crippen LogP contribution in [0.25, 0.3) is 10.6 Å². The highest BCUT2D eigenvalue weighted by Gasteiger charge is 2.06. The highest BCUT2D eigenvalue weighted by Crippen LogP contribution is 2.21. The molecule has 3 aromatic rings. The lowest BCUT2D eigenvalue weighted by atomic mass is 10.2. The largest absolute Gasteiger partial charge is 0.326 e. The summed E-state index contributed by atoms with van der Waals surface area (Å²) in [6.07, 6.45) is 0.895. The molecule has 0 aliphatic rings. The smallest absolute Gasteiger partial charge is 0.266 e. The van der Waals surface area contributed by atoms with Gasteiger partial charge >= 0.3 is 0 Å². The van der Waals surface area contributed by atoms with Crippen LogP contribution < -0.4 is 10.9 Å². The zero-order chi connectivity index (χ0) is 16.8. The third-order valence-electron chi connectivity index (χ3n) is 3.47. The van der Waals surface area contributed by atoms with Crippen LogP contribution in [-0.4, -0.2) is 15.7 Å². The molecule has 3 rings (SSSR count). The van der Waals surface area contributed by atoms with E-state index in [1.807, 2.05) is 47.8 Å². The molecule has 0 bridgehead atoms. The first-order valence-electron chi connectivity index (χ1n) is 7.69. The second kappa shape index (κ2) is 7.70. The molecule has 1 amide bonds. The van der Waals surface area contributed by atoms with Crippen molar-refractivity contribution in [1.82, 2.24) is 9.78 Å². The summed E-state index contributed by atoms with van der Waals surface area (Å²) in [5.74, 6) is -0.0661. The van der Waals surface area contributed by atoms with Gasteiger partial charge in [-0.1, -0.05) is 24.3 Å². The lowest BCUT2D eigenvalue weighted by Gasteiger charge is -2.07. The summed E-state index contributed by atoms with van der Waals surface area (Å²) in [5, 5.41) is 9.18. The molecule has 1 aromatic carbocycles. The molecule has 0 aliphatic heterocycles. The molecule has 2 aromatic heterocycles. The SMILES string of the molecule is O=C(CCCn1nc(-c2cccs2)ccc1=O)Nc1ccccc1. The third-order valence-corrected chi connectivity index (χ3v) is 4.36. The number of aryl methyl sites for hydroxylation is 1. The van der Waals surface area contributed by atoms with E-state index in [0.717, 1.165) is 16.3 Å². The average molecular weight is 339 g/mol. The maximum absolute atomic E-state index is 11.9. The van der Waals surface area contributed by atoms with Crippen LogP contribution in [-0.2, 0) is 11.3 Å². The molecule has 0 atom stereocenters. The first kappa shape index (κ1) is 16.1. The van der Waals surface area contributed by atoms with E-state index < -0.39 is 0 Å². The van der Waals surface area contributed by atoms with Gasteiger partial charge in [-0.25, -0.2) is 4.68 Å². The van der Waals surface area contributed by atoms with Gasteiger partial charge in [0.25, 0.3) is 5.56 Å². The molecule has 0 fully saturated rings. The van der Waals surface area contributed by atoms with Gasteiger partial charge in [-0.05, 0) is 36.1 Å².